The van der Waals surface area contributed by atoms with Crippen molar-refractivity contribution < 1.29 is 28.2 Å². The average molecular weight is 498 g/mol. The molecule has 0 bridgehead atoms. The Morgan fingerprint density at radius 3 is 2.49 bits per heavy atom. The molecule has 1 saturated heterocycles. The second-order valence-electron chi connectivity index (χ2n) is 8.83. The molecule has 0 aliphatic carbocycles. The second-order valence-corrected chi connectivity index (χ2v) is 8.83. The molecule has 186 valence electrons. The number of carbonyl (C=O) groups is 2. The van der Waals surface area contributed by atoms with E-state index in [2.05, 4.69) is 0 Å². The van der Waals surface area contributed by atoms with Crippen molar-refractivity contribution in [3.05, 3.63) is 131 Å². The highest BCUT2D eigenvalue weighted by Crippen LogP contribution is 2.41. The fourth-order valence-electron chi connectivity index (χ4n) is 4.47. The lowest BCUT2D eigenvalue weighted by Gasteiger charge is -2.24. The lowest BCUT2D eigenvalue weighted by atomic mass is 9.95. The number of rotatable bonds is 7. The van der Waals surface area contributed by atoms with E-state index in [9.17, 15) is 19.1 Å². The summed E-state index contributed by atoms with van der Waals surface area (Å²) in [5.74, 6) is -1.72. The summed E-state index contributed by atoms with van der Waals surface area (Å²) in [4.78, 5) is 27.4. The van der Waals surface area contributed by atoms with Crippen molar-refractivity contribution in [2.45, 2.75) is 26.1 Å². The van der Waals surface area contributed by atoms with E-state index in [-0.39, 0.29) is 17.7 Å². The van der Waals surface area contributed by atoms with Crippen LogP contribution in [0.3, 0.4) is 0 Å². The van der Waals surface area contributed by atoms with E-state index < -0.39 is 29.3 Å². The largest absolute Gasteiger partial charge is 0.507 e. The van der Waals surface area contributed by atoms with Gasteiger partial charge < -0.3 is 19.2 Å². The number of ketones is 1. The Morgan fingerprint density at radius 1 is 1.00 bits per heavy atom. The molecular weight excluding hydrogens is 473 g/mol. The van der Waals surface area contributed by atoms with Crippen LogP contribution in [0.4, 0.5) is 4.39 Å². The molecule has 7 heteroatoms. The lowest BCUT2D eigenvalue weighted by Crippen LogP contribution is -2.29. The van der Waals surface area contributed by atoms with Crippen LogP contribution in [0.1, 0.15) is 34.1 Å². The second kappa shape index (κ2) is 10.1. The molecule has 2 heterocycles. The van der Waals surface area contributed by atoms with Gasteiger partial charge in [0.2, 0.25) is 0 Å². The van der Waals surface area contributed by atoms with Crippen LogP contribution in [0.2, 0.25) is 0 Å². The number of ether oxygens (including phenoxy) is 1. The number of aliphatic hydroxyl groups excluding tert-OH is 1. The van der Waals surface area contributed by atoms with Crippen molar-refractivity contribution in [3.63, 3.8) is 0 Å². The van der Waals surface area contributed by atoms with Crippen molar-refractivity contribution in [2.24, 2.45) is 0 Å². The zero-order valence-electron chi connectivity index (χ0n) is 20.1. The third-order valence-corrected chi connectivity index (χ3v) is 6.26. The maximum atomic E-state index is 14.9. The molecule has 5 rings (SSSR count). The van der Waals surface area contributed by atoms with Gasteiger partial charge in [-0.05, 0) is 55.0 Å². The summed E-state index contributed by atoms with van der Waals surface area (Å²) in [7, 11) is 0. The molecule has 4 aromatic rings. The van der Waals surface area contributed by atoms with E-state index in [1.165, 1.54) is 29.4 Å². The molecule has 1 aliphatic rings. The molecular formula is C30H24FNO5. The van der Waals surface area contributed by atoms with Gasteiger partial charge in [-0.15, -0.1) is 0 Å². The van der Waals surface area contributed by atoms with Gasteiger partial charge in [0, 0.05) is 11.1 Å². The van der Waals surface area contributed by atoms with Crippen molar-refractivity contribution in [1.82, 2.24) is 4.90 Å². The first kappa shape index (κ1) is 24.1. The first-order valence-corrected chi connectivity index (χ1v) is 11.8. The fourth-order valence-corrected chi connectivity index (χ4v) is 4.47. The number of hydrogen-bond acceptors (Lipinski definition) is 5. The summed E-state index contributed by atoms with van der Waals surface area (Å²) < 4.78 is 26.1. The Kier molecular flexibility index (Phi) is 6.60. The molecule has 6 nitrogen and oxygen atoms in total. The number of furan rings is 1. The molecule has 0 saturated carbocycles. The van der Waals surface area contributed by atoms with Gasteiger partial charge in [-0.3, -0.25) is 9.59 Å². The smallest absolute Gasteiger partial charge is 0.296 e. The summed E-state index contributed by atoms with van der Waals surface area (Å²) >= 11 is 0. The first-order valence-electron chi connectivity index (χ1n) is 11.8. The van der Waals surface area contributed by atoms with Crippen LogP contribution in [-0.4, -0.2) is 21.7 Å². The number of amides is 1. The normalized spacial score (nSPS) is 16.8. The van der Waals surface area contributed by atoms with Crippen molar-refractivity contribution in [2.75, 3.05) is 0 Å². The maximum absolute atomic E-state index is 14.9. The predicted octanol–water partition coefficient (Wildman–Crippen LogP) is 5.93. The molecule has 1 N–H and O–H groups in total. The summed E-state index contributed by atoms with van der Waals surface area (Å²) in [5.41, 5.74) is 2.38. The van der Waals surface area contributed by atoms with Gasteiger partial charge in [-0.25, -0.2) is 4.39 Å². The summed E-state index contributed by atoms with van der Waals surface area (Å²) in [6.07, 6.45) is 1.45. The molecule has 1 aliphatic heterocycles. The molecule has 37 heavy (non-hydrogen) atoms. The van der Waals surface area contributed by atoms with Gasteiger partial charge in [0.15, 0.2) is 0 Å². The minimum Gasteiger partial charge on any atom is -0.507 e. The highest BCUT2D eigenvalue weighted by molar-refractivity contribution is 6.46. The van der Waals surface area contributed by atoms with Crippen LogP contribution in [-0.2, 0) is 22.7 Å². The third kappa shape index (κ3) is 4.89. The Balaban J connectivity index is 1.48. The van der Waals surface area contributed by atoms with E-state index in [1.54, 1.807) is 42.5 Å². The van der Waals surface area contributed by atoms with Crippen molar-refractivity contribution in [1.29, 1.82) is 0 Å². The number of aryl methyl sites for hydroxylation is 1. The molecule has 1 aromatic heterocycles. The number of halogens is 1. The topological polar surface area (TPSA) is 80.0 Å². The van der Waals surface area contributed by atoms with E-state index in [4.69, 9.17) is 9.15 Å². The van der Waals surface area contributed by atoms with Gasteiger partial charge >= 0.3 is 0 Å². The Hall–Kier alpha value is -4.65. The molecule has 1 atom stereocenters. The van der Waals surface area contributed by atoms with Crippen molar-refractivity contribution in [3.8, 4) is 5.75 Å². The van der Waals surface area contributed by atoms with Gasteiger partial charge in [0.1, 0.15) is 29.7 Å². The van der Waals surface area contributed by atoms with Gasteiger partial charge in [0.05, 0.1) is 24.4 Å². The van der Waals surface area contributed by atoms with E-state index >= 15 is 0 Å². The molecule has 0 radical (unpaired) electrons. The van der Waals surface area contributed by atoms with Crippen LogP contribution in [0, 0.1) is 12.7 Å². The van der Waals surface area contributed by atoms with Crippen LogP contribution in [0.15, 0.2) is 101 Å². The maximum Gasteiger partial charge on any atom is 0.296 e. The van der Waals surface area contributed by atoms with E-state index in [1.807, 2.05) is 31.2 Å². The fraction of sp³-hybridized carbons (Fsp3) is 0.133. The van der Waals surface area contributed by atoms with E-state index in [0.29, 0.717) is 23.7 Å². The van der Waals surface area contributed by atoms with Crippen molar-refractivity contribution >= 4 is 17.4 Å². The quantitative estimate of drug-likeness (QED) is 0.195. The van der Waals surface area contributed by atoms with Crippen LogP contribution >= 0.6 is 0 Å². The molecule has 0 spiro atoms. The van der Waals surface area contributed by atoms with Crippen LogP contribution < -0.4 is 4.74 Å². The minimum atomic E-state index is -1.12. The standard InChI is InChI=1S/C30H24FNO5/c1-19-6-4-7-20(16-19)18-37-22-13-11-21(12-14-22)28(33)26-27(24-9-2-3-10-25(24)31)32(30(35)29(26)34)17-23-8-5-15-36-23/h2-16,27,33H,17-18H2,1H3/b28-26+/t27-/m0/s1. The summed E-state index contributed by atoms with van der Waals surface area (Å²) in [6.45, 7) is 2.32. The van der Waals surface area contributed by atoms with Gasteiger partial charge in [0.25, 0.3) is 11.7 Å². The Labute approximate surface area is 213 Å². The Bertz CT molecular complexity index is 1470. The lowest BCUT2D eigenvalue weighted by molar-refractivity contribution is -0.140. The van der Waals surface area contributed by atoms with E-state index in [0.717, 1.165) is 11.1 Å². The zero-order chi connectivity index (χ0) is 25.9. The zero-order valence-corrected chi connectivity index (χ0v) is 20.1. The first-order chi connectivity index (χ1) is 17.9. The molecule has 1 fully saturated rings. The number of nitrogens with zero attached hydrogens (tertiary/aromatic N) is 1. The van der Waals surface area contributed by atoms with Gasteiger partial charge in [-0.1, -0.05) is 48.0 Å². The Morgan fingerprint density at radius 2 is 1.78 bits per heavy atom. The van der Waals surface area contributed by atoms with Gasteiger partial charge in [-0.2, -0.15) is 0 Å². The summed E-state index contributed by atoms with van der Waals surface area (Å²) in [6, 6.07) is 22.6. The number of Topliss-reactive ketones (excluding diaryl/α,β-unsaturated/α-hetero) is 1. The highest BCUT2D eigenvalue weighted by atomic mass is 19.1. The number of benzene rings is 3. The van der Waals surface area contributed by atoms with Crippen LogP contribution in [0.5, 0.6) is 5.75 Å². The number of aliphatic hydroxyl groups is 1. The average Bonchev–Trinajstić information content (AvgIpc) is 3.50. The molecule has 3 aromatic carbocycles. The SMILES string of the molecule is Cc1cccc(COc2ccc(/C(O)=C3\C(=O)C(=O)N(Cc4ccco4)[C@H]3c3ccccc3F)cc2)c1. The molecule has 1 amide bonds. The minimum absolute atomic E-state index is 0.0565. The highest BCUT2D eigenvalue weighted by Gasteiger charge is 2.47. The number of hydrogen-bond donors (Lipinski definition) is 1. The summed E-state index contributed by atoms with van der Waals surface area (Å²) in [5, 5.41) is 11.2. The number of likely N-dealkylation sites (tertiary alicyclic amines) is 1. The third-order valence-electron chi connectivity index (χ3n) is 6.26. The van der Waals surface area contributed by atoms with Crippen LogP contribution in [0.25, 0.3) is 5.76 Å². The predicted molar refractivity (Wildman–Crippen MR) is 135 cm³/mol. The number of carbonyl (C=O) groups excluding carboxylic acids is 2. The molecule has 0 unspecified atom stereocenters. The monoisotopic (exact) mass is 497 g/mol.